The zero-order valence-electron chi connectivity index (χ0n) is 16.0. The van der Waals surface area contributed by atoms with Gasteiger partial charge in [-0.1, -0.05) is 6.92 Å². The molecule has 1 N–H and O–H groups in total. The van der Waals surface area contributed by atoms with Crippen molar-refractivity contribution >= 4 is 0 Å². The lowest BCUT2D eigenvalue weighted by atomic mass is 9.98. The number of aromatic nitrogens is 4. The molecule has 6 heteroatoms. The van der Waals surface area contributed by atoms with Gasteiger partial charge in [-0.15, -0.1) is 0 Å². The minimum atomic E-state index is 0.153. The first-order chi connectivity index (χ1) is 12.2. The molecule has 6 nitrogen and oxygen atoms in total. The molecule has 3 heterocycles. The first-order valence-electron chi connectivity index (χ1n) is 9.52. The molecule has 0 bridgehead atoms. The highest BCUT2D eigenvalue weighted by Crippen LogP contribution is 2.34. The Kier molecular flexibility index (Phi) is 5.91. The molecule has 2 atom stereocenters. The van der Waals surface area contributed by atoms with Crippen LogP contribution in [0.3, 0.4) is 0 Å². The normalized spacial score (nSPS) is 20.5. The molecular weight excluding hydrogens is 314 g/mol. The average Bonchev–Trinajstić information content (AvgIpc) is 3.30. The zero-order valence-corrected chi connectivity index (χ0v) is 16.0. The van der Waals surface area contributed by atoms with E-state index in [0.717, 1.165) is 51.3 Å². The molecule has 0 saturated carbocycles. The lowest BCUT2D eigenvalue weighted by Crippen LogP contribution is -2.26. The van der Waals surface area contributed by atoms with E-state index < -0.39 is 0 Å². The Morgan fingerprint density at radius 2 is 2.12 bits per heavy atom. The number of rotatable bonds is 8. The van der Waals surface area contributed by atoms with Crippen LogP contribution in [-0.4, -0.2) is 32.7 Å². The largest absolute Gasteiger partial charge is 0.372 e. The van der Waals surface area contributed by atoms with E-state index in [1.165, 1.54) is 17.0 Å². The lowest BCUT2D eigenvalue weighted by molar-refractivity contribution is 0.0830. The van der Waals surface area contributed by atoms with E-state index in [1.807, 2.05) is 10.9 Å². The van der Waals surface area contributed by atoms with Crippen molar-refractivity contribution in [3.8, 4) is 0 Å². The maximum absolute atomic E-state index is 6.02. The third kappa shape index (κ3) is 3.80. The second-order valence-electron chi connectivity index (χ2n) is 6.92. The molecule has 1 aliphatic heterocycles. The summed E-state index contributed by atoms with van der Waals surface area (Å²) in [5.74, 6) is 0.494. The van der Waals surface area contributed by atoms with Gasteiger partial charge < -0.3 is 10.1 Å². The van der Waals surface area contributed by atoms with Crippen LogP contribution in [0.2, 0.25) is 0 Å². The Labute approximate surface area is 150 Å². The van der Waals surface area contributed by atoms with Crippen molar-refractivity contribution < 1.29 is 4.74 Å². The van der Waals surface area contributed by atoms with Gasteiger partial charge >= 0.3 is 0 Å². The van der Waals surface area contributed by atoms with Crippen molar-refractivity contribution in [1.29, 1.82) is 0 Å². The summed E-state index contributed by atoms with van der Waals surface area (Å²) in [6.07, 6.45) is 4.24. The molecule has 0 radical (unpaired) electrons. The third-order valence-electron chi connectivity index (χ3n) is 5.23. The molecule has 138 valence electrons. The Morgan fingerprint density at radius 3 is 2.88 bits per heavy atom. The second kappa shape index (κ2) is 8.15. The number of hydrogen-bond donors (Lipinski definition) is 1. The Bertz CT molecular complexity index is 690. The van der Waals surface area contributed by atoms with Crippen LogP contribution in [0.25, 0.3) is 0 Å². The van der Waals surface area contributed by atoms with Gasteiger partial charge in [-0.25, -0.2) is 0 Å². The van der Waals surface area contributed by atoms with Crippen LogP contribution >= 0.6 is 0 Å². The SMILES string of the molecule is CCCn1nc(C)c(CNC[C@@H]2CCO[C@H]2c2ccnn2CC)c1C. The van der Waals surface area contributed by atoms with E-state index in [-0.39, 0.29) is 6.10 Å². The molecule has 2 aromatic rings. The molecule has 25 heavy (non-hydrogen) atoms. The summed E-state index contributed by atoms with van der Waals surface area (Å²) in [5.41, 5.74) is 4.97. The van der Waals surface area contributed by atoms with Crippen molar-refractivity contribution in [3.63, 3.8) is 0 Å². The van der Waals surface area contributed by atoms with Crippen LogP contribution in [0.5, 0.6) is 0 Å². The molecular formula is C19H31N5O. The molecule has 3 rings (SSSR count). The molecule has 1 saturated heterocycles. The molecule has 2 aromatic heterocycles. The fraction of sp³-hybridized carbons (Fsp3) is 0.684. The number of nitrogens with zero attached hydrogens (tertiary/aromatic N) is 4. The first kappa shape index (κ1) is 18.1. The molecule has 0 aliphatic carbocycles. The van der Waals surface area contributed by atoms with Crippen LogP contribution in [0.1, 0.15) is 55.4 Å². The van der Waals surface area contributed by atoms with Gasteiger partial charge in [0.15, 0.2) is 0 Å². The molecule has 1 aliphatic rings. The van der Waals surface area contributed by atoms with Gasteiger partial charge in [-0.05, 0) is 39.7 Å². The van der Waals surface area contributed by atoms with Crippen LogP contribution in [0, 0.1) is 19.8 Å². The van der Waals surface area contributed by atoms with E-state index in [2.05, 4.69) is 54.0 Å². The summed E-state index contributed by atoms with van der Waals surface area (Å²) in [4.78, 5) is 0. The molecule has 0 amide bonds. The topological polar surface area (TPSA) is 56.9 Å². The van der Waals surface area contributed by atoms with E-state index in [4.69, 9.17) is 4.74 Å². The smallest absolute Gasteiger partial charge is 0.103 e. The van der Waals surface area contributed by atoms with Crippen LogP contribution < -0.4 is 5.32 Å². The Balaban J connectivity index is 1.60. The highest BCUT2D eigenvalue weighted by Gasteiger charge is 2.31. The molecule has 0 spiro atoms. The summed E-state index contributed by atoms with van der Waals surface area (Å²) in [7, 11) is 0. The van der Waals surface area contributed by atoms with Gasteiger partial charge in [-0.2, -0.15) is 10.2 Å². The summed E-state index contributed by atoms with van der Waals surface area (Å²) in [6.45, 7) is 13.1. The fourth-order valence-corrected chi connectivity index (χ4v) is 3.82. The number of aryl methyl sites for hydroxylation is 3. The van der Waals surface area contributed by atoms with Gasteiger partial charge in [0.2, 0.25) is 0 Å². The maximum atomic E-state index is 6.02. The van der Waals surface area contributed by atoms with Gasteiger partial charge in [0.25, 0.3) is 0 Å². The van der Waals surface area contributed by atoms with E-state index >= 15 is 0 Å². The average molecular weight is 345 g/mol. The van der Waals surface area contributed by atoms with Crippen molar-refractivity contribution in [2.75, 3.05) is 13.2 Å². The third-order valence-corrected chi connectivity index (χ3v) is 5.23. The summed E-state index contributed by atoms with van der Waals surface area (Å²) < 4.78 is 10.2. The number of hydrogen-bond acceptors (Lipinski definition) is 4. The second-order valence-corrected chi connectivity index (χ2v) is 6.92. The van der Waals surface area contributed by atoms with Gasteiger partial charge in [-0.3, -0.25) is 9.36 Å². The van der Waals surface area contributed by atoms with Gasteiger partial charge in [0.05, 0.1) is 11.4 Å². The maximum Gasteiger partial charge on any atom is 0.103 e. The number of nitrogens with one attached hydrogen (secondary N) is 1. The standard InChI is InChI=1S/C19H31N5O/c1-5-10-24-15(4)17(14(3)22-24)13-20-12-16-8-11-25-19(16)18-7-9-21-23(18)6-2/h7,9,16,19-20H,5-6,8,10-13H2,1-4H3/t16-,19+/m0/s1. The van der Waals surface area contributed by atoms with Gasteiger partial charge in [0.1, 0.15) is 6.10 Å². The lowest BCUT2D eigenvalue weighted by Gasteiger charge is -2.20. The van der Waals surface area contributed by atoms with Gasteiger partial charge in [0, 0.05) is 56.2 Å². The van der Waals surface area contributed by atoms with Crippen molar-refractivity contribution in [2.45, 2.75) is 66.3 Å². The predicted molar refractivity (Wildman–Crippen MR) is 98.4 cm³/mol. The zero-order chi connectivity index (χ0) is 17.8. The van der Waals surface area contributed by atoms with Crippen LogP contribution in [0.4, 0.5) is 0 Å². The van der Waals surface area contributed by atoms with Crippen LogP contribution in [0.15, 0.2) is 12.3 Å². The van der Waals surface area contributed by atoms with Crippen molar-refractivity contribution in [1.82, 2.24) is 24.9 Å². The minimum Gasteiger partial charge on any atom is -0.372 e. The van der Waals surface area contributed by atoms with Crippen LogP contribution in [-0.2, 0) is 24.4 Å². The summed E-state index contributed by atoms with van der Waals surface area (Å²) in [5, 5.41) is 12.7. The highest BCUT2D eigenvalue weighted by atomic mass is 16.5. The monoisotopic (exact) mass is 345 g/mol. The van der Waals surface area contributed by atoms with E-state index in [0.29, 0.717) is 5.92 Å². The number of ether oxygens (including phenoxy) is 1. The molecule has 0 aromatic carbocycles. The highest BCUT2D eigenvalue weighted by molar-refractivity contribution is 5.24. The predicted octanol–water partition coefficient (Wildman–Crippen LogP) is 2.99. The first-order valence-corrected chi connectivity index (χ1v) is 9.52. The minimum absolute atomic E-state index is 0.153. The summed E-state index contributed by atoms with van der Waals surface area (Å²) in [6, 6.07) is 2.09. The Hall–Kier alpha value is -1.66. The van der Waals surface area contributed by atoms with Crippen molar-refractivity contribution in [2.24, 2.45) is 5.92 Å². The quantitative estimate of drug-likeness (QED) is 0.799. The van der Waals surface area contributed by atoms with E-state index in [9.17, 15) is 0 Å². The summed E-state index contributed by atoms with van der Waals surface area (Å²) >= 11 is 0. The fourth-order valence-electron chi connectivity index (χ4n) is 3.82. The van der Waals surface area contributed by atoms with E-state index in [1.54, 1.807) is 0 Å². The Morgan fingerprint density at radius 1 is 1.28 bits per heavy atom. The van der Waals surface area contributed by atoms with Crippen molar-refractivity contribution in [3.05, 3.63) is 34.9 Å². The molecule has 1 fully saturated rings. The molecule has 0 unspecified atom stereocenters.